The first-order valence-corrected chi connectivity index (χ1v) is 6.42. The molecule has 0 bridgehead atoms. The largest absolute Gasteiger partial charge is 0.491 e. The number of hydrogen-bond donors (Lipinski definition) is 1. The van der Waals surface area contributed by atoms with E-state index < -0.39 is 11.7 Å². The highest BCUT2D eigenvalue weighted by atomic mass is 16.6. The molecule has 0 unspecified atom stereocenters. The van der Waals surface area contributed by atoms with Crippen LogP contribution in [0.1, 0.15) is 39.2 Å². The SMILES string of the molecule is C=C(OCC)c1nccc(CNC(=O)OC(C)(C)C)n1. The summed E-state index contributed by atoms with van der Waals surface area (Å²) in [7, 11) is 0. The number of aromatic nitrogens is 2. The molecule has 0 radical (unpaired) electrons. The molecule has 1 aromatic heterocycles. The number of nitrogens with one attached hydrogen (secondary N) is 1. The molecule has 110 valence electrons. The van der Waals surface area contributed by atoms with Crippen LogP contribution < -0.4 is 5.32 Å². The van der Waals surface area contributed by atoms with Gasteiger partial charge in [0.25, 0.3) is 0 Å². The summed E-state index contributed by atoms with van der Waals surface area (Å²) in [6.07, 6.45) is 1.11. The van der Waals surface area contributed by atoms with Crippen molar-refractivity contribution in [3.05, 3.63) is 30.4 Å². The predicted molar refractivity (Wildman–Crippen MR) is 75.8 cm³/mol. The zero-order valence-corrected chi connectivity index (χ0v) is 12.4. The molecule has 0 aliphatic heterocycles. The lowest BCUT2D eigenvalue weighted by Crippen LogP contribution is -2.32. The van der Waals surface area contributed by atoms with E-state index in [0.29, 0.717) is 23.9 Å². The van der Waals surface area contributed by atoms with Crippen molar-refractivity contribution in [1.82, 2.24) is 15.3 Å². The minimum absolute atomic E-state index is 0.254. The molecule has 1 amide bonds. The molecule has 0 aliphatic carbocycles. The van der Waals surface area contributed by atoms with Gasteiger partial charge in [-0.1, -0.05) is 6.58 Å². The number of rotatable bonds is 5. The molecule has 1 N–H and O–H groups in total. The monoisotopic (exact) mass is 279 g/mol. The third-order valence-electron chi connectivity index (χ3n) is 2.09. The summed E-state index contributed by atoms with van der Waals surface area (Å²) in [6, 6.07) is 1.71. The first-order valence-electron chi connectivity index (χ1n) is 6.42. The number of amides is 1. The second-order valence-corrected chi connectivity index (χ2v) is 5.08. The van der Waals surface area contributed by atoms with Crippen LogP contribution in [0.2, 0.25) is 0 Å². The Bertz CT molecular complexity index is 481. The van der Waals surface area contributed by atoms with Gasteiger partial charge in [0, 0.05) is 6.20 Å². The van der Waals surface area contributed by atoms with E-state index in [1.165, 1.54) is 0 Å². The zero-order valence-electron chi connectivity index (χ0n) is 12.4. The highest BCUT2D eigenvalue weighted by Crippen LogP contribution is 2.09. The van der Waals surface area contributed by atoms with E-state index in [0.717, 1.165) is 0 Å². The minimum Gasteiger partial charge on any atom is -0.491 e. The molecule has 0 atom stereocenters. The van der Waals surface area contributed by atoms with Crippen LogP contribution in [0.3, 0.4) is 0 Å². The van der Waals surface area contributed by atoms with Crippen molar-refractivity contribution < 1.29 is 14.3 Å². The highest BCUT2D eigenvalue weighted by Gasteiger charge is 2.16. The quantitative estimate of drug-likeness (QED) is 0.838. The van der Waals surface area contributed by atoms with Crippen LogP contribution in [-0.4, -0.2) is 28.3 Å². The number of nitrogens with zero attached hydrogens (tertiary/aromatic N) is 2. The van der Waals surface area contributed by atoms with E-state index in [1.54, 1.807) is 33.0 Å². The van der Waals surface area contributed by atoms with E-state index in [4.69, 9.17) is 9.47 Å². The average Bonchev–Trinajstić information content (AvgIpc) is 2.35. The van der Waals surface area contributed by atoms with Crippen molar-refractivity contribution in [3.8, 4) is 0 Å². The average molecular weight is 279 g/mol. The maximum Gasteiger partial charge on any atom is 0.407 e. The van der Waals surface area contributed by atoms with Crippen LogP contribution in [0.5, 0.6) is 0 Å². The number of carbonyl (C=O) groups excluding carboxylic acids is 1. The molecule has 1 rings (SSSR count). The molecular weight excluding hydrogens is 258 g/mol. The van der Waals surface area contributed by atoms with Crippen molar-refractivity contribution in [2.75, 3.05) is 6.61 Å². The standard InChI is InChI=1S/C14H21N3O3/c1-6-19-10(2)12-15-8-7-11(17-12)9-16-13(18)20-14(3,4)5/h7-8H,2,6,9H2,1,3-5H3,(H,16,18). The lowest BCUT2D eigenvalue weighted by molar-refractivity contribution is 0.0523. The second-order valence-electron chi connectivity index (χ2n) is 5.08. The highest BCUT2D eigenvalue weighted by molar-refractivity contribution is 5.67. The van der Waals surface area contributed by atoms with Gasteiger partial charge in [-0.15, -0.1) is 0 Å². The van der Waals surface area contributed by atoms with Crippen LogP contribution >= 0.6 is 0 Å². The van der Waals surface area contributed by atoms with Crippen molar-refractivity contribution >= 4 is 11.9 Å². The van der Waals surface area contributed by atoms with Crippen LogP contribution in [0.4, 0.5) is 4.79 Å². The van der Waals surface area contributed by atoms with Crippen molar-refractivity contribution in [2.45, 2.75) is 39.8 Å². The van der Waals surface area contributed by atoms with E-state index in [2.05, 4.69) is 21.9 Å². The molecule has 6 nitrogen and oxygen atoms in total. The molecule has 0 saturated heterocycles. The normalized spacial score (nSPS) is 10.8. The molecule has 0 saturated carbocycles. The maximum absolute atomic E-state index is 11.5. The van der Waals surface area contributed by atoms with Crippen molar-refractivity contribution in [3.63, 3.8) is 0 Å². The van der Waals surface area contributed by atoms with Gasteiger partial charge >= 0.3 is 6.09 Å². The molecule has 0 aliphatic rings. The van der Waals surface area contributed by atoms with Crippen molar-refractivity contribution in [2.24, 2.45) is 0 Å². The molecule has 0 spiro atoms. The summed E-state index contributed by atoms with van der Waals surface area (Å²) >= 11 is 0. The van der Waals surface area contributed by atoms with Crippen LogP contribution in [0.15, 0.2) is 18.8 Å². The van der Waals surface area contributed by atoms with Crippen LogP contribution in [-0.2, 0) is 16.0 Å². The molecule has 0 aromatic carbocycles. The minimum atomic E-state index is -0.524. The Morgan fingerprint density at radius 2 is 2.15 bits per heavy atom. The Balaban J connectivity index is 2.59. The Labute approximate surface area is 119 Å². The van der Waals surface area contributed by atoms with Crippen molar-refractivity contribution in [1.29, 1.82) is 0 Å². The molecule has 0 fully saturated rings. The fraction of sp³-hybridized carbons (Fsp3) is 0.500. The third-order valence-corrected chi connectivity index (χ3v) is 2.09. The Kier molecular flexibility index (Phi) is 5.49. The first kappa shape index (κ1) is 15.9. The van der Waals surface area contributed by atoms with Gasteiger partial charge in [-0.3, -0.25) is 0 Å². The molecule has 1 heterocycles. The van der Waals surface area contributed by atoms with E-state index in [9.17, 15) is 4.79 Å². The maximum atomic E-state index is 11.5. The topological polar surface area (TPSA) is 73.3 Å². The number of hydrogen-bond acceptors (Lipinski definition) is 5. The molecule has 6 heteroatoms. The third kappa shape index (κ3) is 5.69. The molecule has 20 heavy (non-hydrogen) atoms. The predicted octanol–water partition coefficient (Wildman–Crippen LogP) is 2.51. The smallest absolute Gasteiger partial charge is 0.407 e. The summed E-state index contributed by atoms with van der Waals surface area (Å²) in [5.74, 6) is 0.821. The summed E-state index contributed by atoms with van der Waals surface area (Å²) in [5, 5.41) is 2.63. The molecule has 1 aromatic rings. The van der Waals surface area contributed by atoms with Gasteiger partial charge in [-0.05, 0) is 33.8 Å². The summed E-state index contributed by atoms with van der Waals surface area (Å²) in [5.41, 5.74) is 0.131. The number of carbonyl (C=O) groups is 1. The Morgan fingerprint density at radius 1 is 1.45 bits per heavy atom. The Hall–Kier alpha value is -2.11. The summed E-state index contributed by atoms with van der Waals surface area (Å²) in [4.78, 5) is 19.9. The lowest BCUT2D eigenvalue weighted by Gasteiger charge is -2.19. The Morgan fingerprint density at radius 3 is 2.75 bits per heavy atom. The van der Waals surface area contributed by atoms with Gasteiger partial charge in [0.1, 0.15) is 5.60 Å². The fourth-order valence-corrected chi connectivity index (χ4v) is 1.34. The van der Waals surface area contributed by atoms with Crippen LogP contribution in [0.25, 0.3) is 5.76 Å². The summed E-state index contributed by atoms with van der Waals surface area (Å²) < 4.78 is 10.4. The van der Waals surface area contributed by atoms with Gasteiger partial charge in [-0.2, -0.15) is 0 Å². The molecular formula is C14H21N3O3. The summed E-state index contributed by atoms with van der Waals surface area (Å²) in [6.45, 7) is 11.8. The number of ether oxygens (including phenoxy) is 2. The van der Waals surface area contributed by atoms with Gasteiger partial charge in [-0.25, -0.2) is 14.8 Å². The van der Waals surface area contributed by atoms with Gasteiger partial charge in [0.15, 0.2) is 11.6 Å². The fourth-order valence-electron chi connectivity index (χ4n) is 1.34. The van der Waals surface area contributed by atoms with Gasteiger partial charge < -0.3 is 14.8 Å². The zero-order chi connectivity index (χ0) is 15.2. The second kappa shape index (κ2) is 6.88. The number of alkyl carbamates (subject to hydrolysis) is 1. The van der Waals surface area contributed by atoms with E-state index in [-0.39, 0.29) is 6.54 Å². The van der Waals surface area contributed by atoms with Crippen LogP contribution in [0, 0.1) is 0 Å². The van der Waals surface area contributed by atoms with Gasteiger partial charge in [0.2, 0.25) is 0 Å². The lowest BCUT2D eigenvalue weighted by atomic mass is 10.2. The van der Waals surface area contributed by atoms with E-state index in [1.807, 2.05) is 6.92 Å². The van der Waals surface area contributed by atoms with Gasteiger partial charge in [0.05, 0.1) is 18.8 Å². The van der Waals surface area contributed by atoms with E-state index >= 15 is 0 Å². The first-order chi connectivity index (χ1) is 9.31.